The molecule has 1 amide bonds. The lowest BCUT2D eigenvalue weighted by atomic mass is 10.0. The summed E-state index contributed by atoms with van der Waals surface area (Å²) in [5, 5.41) is 11.3. The van der Waals surface area contributed by atoms with Gasteiger partial charge in [0, 0.05) is 18.5 Å². The molecule has 0 bridgehead atoms. The topological polar surface area (TPSA) is 66.4 Å². The van der Waals surface area contributed by atoms with Gasteiger partial charge in [-0.05, 0) is 49.4 Å². The van der Waals surface area contributed by atoms with Gasteiger partial charge in [-0.1, -0.05) is 6.92 Å². The first kappa shape index (κ1) is 16.1. The maximum atomic E-state index is 13.1. The zero-order valence-corrected chi connectivity index (χ0v) is 11.8. The van der Waals surface area contributed by atoms with Crippen LogP contribution in [0.15, 0.2) is 18.2 Å². The van der Waals surface area contributed by atoms with Gasteiger partial charge in [-0.15, -0.1) is 0 Å². The van der Waals surface area contributed by atoms with Gasteiger partial charge < -0.3 is 10.4 Å². The van der Waals surface area contributed by atoms with E-state index < -0.39 is 5.97 Å². The first-order chi connectivity index (χ1) is 9.40. The van der Waals surface area contributed by atoms with E-state index in [0.717, 1.165) is 6.42 Å². The maximum Gasteiger partial charge on any atom is 0.303 e. The van der Waals surface area contributed by atoms with E-state index in [-0.39, 0.29) is 24.1 Å². The van der Waals surface area contributed by atoms with Crippen molar-refractivity contribution in [1.82, 2.24) is 5.32 Å². The van der Waals surface area contributed by atoms with E-state index in [0.29, 0.717) is 24.1 Å². The molecule has 1 aromatic rings. The Labute approximate surface area is 118 Å². The van der Waals surface area contributed by atoms with Crippen molar-refractivity contribution < 1.29 is 19.1 Å². The summed E-state index contributed by atoms with van der Waals surface area (Å²) in [6.45, 7) is 4.05. The molecule has 0 fully saturated rings. The standard InChI is InChI=1S/C15H20FNO3/c1-10(3-6-14(18)19)7-8-17-15(20)12-4-5-13(16)11(2)9-12/h4-5,9-10H,3,6-8H2,1-2H3,(H,17,20)(H,18,19). The molecule has 1 unspecified atom stereocenters. The Kier molecular flexibility index (Phi) is 6.15. The summed E-state index contributed by atoms with van der Waals surface area (Å²) < 4.78 is 13.1. The van der Waals surface area contributed by atoms with Crippen molar-refractivity contribution in [3.63, 3.8) is 0 Å². The predicted octanol–water partition coefficient (Wildman–Crippen LogP) is 2.75. The number of carboxylic acids is 1. The highest BCUT2D eigenvalue weighted by atomic mass is 19.1. The number of rotatable bonds is 7. The summed E-state index contributed by atoms with van der Waals surface area (Å²) in [6.07, 6.45) is 1.46. The van der Waals surface area contributed by atoms with Crippen molar-refractivity contribution in [3.05, 3.63) is 35.1 Å². The molecule has 2 N–H and O–H groups in total. The molecule has 1 aromatic carbocycles. The summed E-state index contributed by atoms with van der Waals surface area (Å²) in [5.74, 6) is -1.13. The second-order valence-corrected chi connectivity index (χ2v) is 5.05. The third-order valence-corrected chi connectivity index (χ3v) is 3.19. The van der Waals surface area contributed by atoms with Gasteiger partial charge in [-0.3, -0.25) is 9.59 Å². The van der Waals surface area contributed by atoms with Gasteiger partial charge in [0.25, 0.3) is 5.91 Å². The van der Waals surface area contributed by atoms with Crippen molar-refractivity contribution in [3.8, 4) is 0 Å². The Hall–Kier alpha value is -1.91. The normalized spacial score (nSPS) is 11.9. The number of amides is 1. The number of aryl methyl sites for hydroxylation is 1. The van der Waals surface area contributed by atoms with Crippen LogP contribution in [0.1, 0.15) is 42.1 Å². The molecule has 20 heavy (non-hydrogen) atoms. The fourth-order valence-corrected chi connectivity index (χ4v) is 1.83. The van der Waals surface area contributed by atoms with Crippen LogP contribution in [-0.2, 0) is 4.79 Å². The van der Waals surface area contributed by atoms with E-state index in [1.165, 1.54) is 18.2 Å². The molecule has 0 heterocycles. The van der Waals surface area contributed by atoms with Gasteiger partial charge in [0.05, 0.1) is 0 Å². The third-order valence-electron chi connectivity index (χ3n) is 3.19. The van der Waals surface area contributed by atoms with Crippen LogP contribution in [-0.4, -0.2) is 23.5 Å². The molecular formula is C15H20FNO3. The lowest BCUT2D eigenvalue weighted by Crippen LogP contribution is -2.25. The molecule has 0 aliphatic rings. The molecule has 0 aliphatic carbocycles. The zero-order chi connectivity index (χ0) is 15.1. The first-order valence-electron chi connectivity index (χ1n) is 6.66. The summed E-state index contributed by atoms with van der Waals surface area (Å²) in [5.41, 5.74) is 0.870. The smallest absolute Gasteiger partial charge is 0.303 e. The van der Waals surface area contributed by atoms with E-state index in [1.807, 2.05) is 6.92 Å². The zero-order valence-electron chi connectivity index (χ0n) is 11.8. The number of hydrogen-bond donors (Lipinski definition) is 2. The van der Waals surface area contributed by atoms with E-state index in [4.69, 9.17) is 5.11 Å². The molecule has 0 spiro atoms. The maximum absolute atomic E-state index is 13.1. The number of aliphatic carboxylic acids is 1. The van der Waals surface area contributed by atoms with Crippen LogP contribution in [0.4, 0.5) is 4.39 Å². The molecule has 0 saturated heterocycles. The SMILES string of the molecule is Cc1cc(C(=O)NCCC(C)CCC(=O)O)ccc1F. The van der Waals surface area contributed by atoms with Gasteiger partial charge >= 0.3 is 5.97 Å². The van der Waals surface area contributed by atoms with E-state index >= 15 is 0 Å². The minimum absolute atomic E-state index is 0.145. The van der Waals surface area contributed by atoms with Crippen LogP contribution in [0.25, 0.3) is 0 Å². The second kappa shape index (κ2) is 7.62. The Bertz CT molecular complexity index is 488. The highest BCUT2D eigenvalue weighted by Crippen LogP contribution is 2.11. The number of benzene rings is 1. The first-order valence-corrected chi connectivity index (χ1v) is 6.66. The number of carbonyl (C=O) groups is 2. The molecule has 0 saturated carbocycles. The van der Waals surface area contributed by atoms with Crippen LogP contribution >= 0.6 is 0 Å². The Balaban J connectivity index is 2.36. The van der Waals surface area contributed by atoms with Gasteiger partial charge in [-0.25, -0.2) is 4.39 Å². The largest absolute Gasteiger partial charge is 0.481 e. The van der Waals surface area contributed by atoms with Crippen LogP contribution in [0.3, 0.4) is 0 Å². The number of nitrogens with one attached hydrogen (secondary N) is 1. The van der Waals surface area contributed by atoms with Gasteiger partial charge in [0.2, 0.25) is 0 Å². The third kappa shape index (κ3) is 5.38. The molecule has 0 radical (unpaired) electrons. The summed E-state index contributed by atoms with van der Waals surface area (Å²) >= 11 is 0. The lowest BCUT2D eigenvalue weighted by Gasteiger charge is -2.11. The van der Waals surface area contributed by atoms with Crippen molar-refractivity contribution in [1.29, 1.82) is 0 Å². The lowest BCUT2D eigenvalue weighted by molar-refractivity contribution is -0.137. The molecule has 1 rings (SSSR count). The van der Waals surface area contributed by atoms with Gasteiger partial charge in [0.15, 0.2) is 0 Å². The highest BCUT2D eigenvalue weighted by molar-refractivity contribution is 5.94. The minimum Gasteiger partial charge on any atom is -0.481 e. The second-order valence-electron chi connectivity index (χ2n) is 5.05. The summed E-state index contributed by atoms with van der Waals surface area (Å²) in [7, 11) is 0. The molecule has 0 aliphatic heterocycles. The van der Waals surface area contributed by atoms with Crippen LogP contribution in [0.2, 0.25) is 0 Å². The van der Waals surface area contributed by atoms with Gasteiger partial charge in [0.1, 0.15) is 5.82 Å². The number of carbonyl (C=O) groups excluding carboxylic acids is 1. The van der Waals surface area contributed by atoms with Crippen molar-refractivity contribution >= 4 is 11.9 Å². The minimum atomic E-state index is -0.803. The van der Waals surface area contributed by atoms with E-state index in [2.05, 4.69) is 5.32 Å². The fraction of sp³-hybridized carbons (Fsp3) is 0.467. The molecule has 5 heteroatoms. The quantitative estimate of drug-likeness (QED) is 0.807. The van der Waals surface area contributed by atoms with Crippen molar-refractivity contribution in [2.24, 2.45) is 5.92 Å². The summed E-state index contributed by atoms with van der Waals surface area (Å²) in [6, 6.07) is 4.24. The molecule has 110 valence electrons. The van der Waals surface area contributed by atoms with Crippen LogP contribution < -0.4 is 5.32 Å². The van der Waals surface area contributed by atoms with Crippen molar-refractivity contribution in [2.45, 2.75) is 33.1 Å². The fourth-order valence-electron chi connectivity index (χ4n) is 1.83. The number of hydrogen-bond acceptors (Lipinski definition) is 2. The predicted molar refractivity (Wildman–Crippen MR) is 74.1 cm³/mol. The Morgan fingerprint density at radius 2 is 2.05 bits per heavy atom. The average molecular weight is 281 g/mol. The highest BCUT2D eigenvalue weighted by Gasteiger charge is 2.09. The van der Waals surface area contributed by atoms with Crippen molar-refractivity contribution in [2.75, 3.05) is 6.54 Å². The summed E-state index contributed by atoms with van der Waals surface area (Å²) in [4.78, 5) is 22.3. The molecule has 1 atom stereocenters. The van der Waals surface area contributed by atoms with E-state index in [9.17, 15) is 14.0 Å². The Morgan fingerprint density at radius 1 is 1.35 bits per heavy atom. The molecule has 0 aromatic heterocycles. The number of halogens is 1. The van der Waals surface area contributed by atoms with Crippen LogP contribution in [0.5, 0.6) is 0 Å². The monoisotopic (exact) mass is 281 g/mol. The average Bonchev–Trinajstić information content (AvgIpc) is 2.39. The molecular weight excluding hydrogens is 261 g/mol. The van der Waals surface area contributed by atoms with Gasteiger partial charge in [-0.2, -0.15) is 0 Å². The van der Waals surface area contributed by atoms with Crippen LogP contribution in [0, 0.1) is 18.7 Å². The Morgan fingerprint density at radius 3 is 2.65 bits per heavy atom. The van der Waals surface area contributed by atoms with E-state index in [1.54, 1.807) is 6.92 Å². The number of carboxylic acid groups (broad SMARTS) is 1. The molecule has 4 nitrogen and oxygen atoms in total.